The first kappa shape index (κ1) is 12.0. The fourth-order valence-corrected chi connectivity index (χ4v) is 1.96. The Labute approximate surface area is 103 Å². The van der Waals surface area contributed by atoms with Gasteiger partial charge in [-0.1, -0.05) is 24.3 Å². The van der Waals surface area contributed by atoms with Crippen molar-refractivity contribution in [3.63, 3.8) is 0 Å². The molecule has 0 radical (unpaired) electrons. The summed E-state index contributed by atoms with van der Waals surface area (Å²) in [6.07, 6.45) is 2.52. The smallest absolute Gasteiger partial charge is 0.315 e. The van der Waals surface area contributed by atoms with Gasteiger partial charge < -0.3 is 10.6 Å². The lowest BCUT2D eigenvalue weighted by Gasteiger charge is -2.17. The molecule has 0 aromatic heterocycles. The first-order valence-corrected chi connectivity index (χ1v) is 6.26. The van der Waals surface area contributed by atoms with Crippen LogP contribution in [0.3, 0.4) is 0 Å². The van der Waals surface area contributed by atoms with E-state index in [9.17, 15) is 4.79 Å². The molecule has 0 unspecified atom stereocenters. The van der Waals surface area contributed by atoms with Crippen molar-refractivity contribution in [2.45, 2.75) is 32.7 Å². The van der Waals surface area contributed by atoms with Gasteiger partial charge in [-0.2, -0.15) is 0 Å². The molecule has 0 spiro atoms. The van der Waals surface area contributed by atoms with Crippen molar-refractivity contribution in [1.29, 1.82) is 0 Å². The summed E-state index contributed by atoms with van der Waals surface area (Å²) in [7, 11) is 0. The van der Waals surface area contributed by atoms with Gasteiger partial charge in [0.25, 0.3) is 0 Å². The van der Waals surface area contributed by atoms with Crippen molar-refractivity contribution in [3.8, 4) is 0 Å². The Kier molecular flexibility index (Phi) is 3.67. The standard InChI is InChI=1S/C14H20N2O/c1-10-5-3-4-6-13(10)11(2)16-14(17)15-9-12-7-8-12/h3-6,11-12H,7-9H2,1-2H3,(H2,15,16,17)/t11-/m1/s1. The van der Waals surface area contributed by atoms with E-state index >= 15 is 0 Å². The number of benzene rings is 1. The summed E-state index contributed by atoms with van der Waals surface area (Å²) in [5.41, 5.74) is 2.39. The first-order chi connectivity index (χ1) is 8.16. The highest BCUT2D eigenvalue weighted by Gasteiger charge is 2.21. The van der Waals surface area contributed by atoms with Crippen molar-refractivity contribution in [3.05, 3.63) is 35.4 Å². The van der Waals surface area contributed by atoms with Crippen LogP contribution in [0.25, 0.3) is 0 Å². The fourth-order valence-electron chi connectivity index (χ4n) is 1.96. The molecule has 1 saturated carbocycles. The van der Waals surface area contributed by atoms with E-state index < -0.39 is 0 Å². The minimum atomic E-state index is -0.0624. The Morgan fingerprint density at radius 1 is 1.41 bits per heavy atom. The molecule has 0 aliphatic heterocycles. The highest BCUT2D eigenvalue weighted by atomic mass is 16.2. The average molecular weight is 232 g/mol. The van der Waals surface area contributed by atoms with E-state index in [1.807, 2.05) is 19.1 Å². The predicted octanol–water partition coefficient (Wildman–Crippen LogP) is 2.77. The Balaban J connectivity index is 1.85. The van der Waals surface area contributed by atoms with Gasteiger partial charge in [-0.3, -0.25) is 0 Å². The fraction of sp³-hybridized carbons (Fsp3) is 0.500. The third-order valence-corrected chi connectivity index (χ3v) is 3.25. The molecular formula is C14H20N2O. The van der Waals surface area contributed by atoms with Crippen LogP contribution in [-0.2, 0) is 0 Å². The monoisotopic (exact) mass is 232 g/mol. The van der Waals surface area contributed by atoms with Crippen LogP contribution in [0.4, 0.5) is 4.79 Å². The Hall–Kier alpha value is -1.51. The van der Waals surface area contributed by atoms with E-state index in [4.69, 9.17) is 0 Å². The minimum absolute atomic E-state index is 0.0513. The maximum absolute atomic E-state index is 11.6. The Morgan fingerprint density at radius 3 is 2.76 bits per heavy atom. The molecule has 2 rings (SSSR count). The number of amides is 2. The lowest BCUT2D eigenvalue weighted by molar-refractivity contribution is 0.237. The van der Waals surface area contributed by atoms with Gasteiger partial charge in [0.1, 0.15) is 0 Å². The summed E-state index contributed by atoms with van der Waals surface area (Å²) < 4.78 is 0. The van der Waals surface area contributed by atoms with Gasteiger partial charge in [0.05, 0.1) is 6.04 Å². The highest BCUT2D eigenvalue weighted by molar-refractivity contribution is 5.74. The molecule has 1 aliphatic carbocycles. The molecule has 3 nitrogen and oxygen atoms in total. The largest absolute Gasteiger partial charge is 0.338 e. The third-order valence-electron chi connectivity index (χ3n) is 3.25. The van der Waals surface area contributed by atoms with Gasteiger partial charge in [-0.05, 0) is 43.7 Å². The molecule has 3 heteroatoms. The molecular weight excluding hydrogens is 212 g/mol. The molecule has 92 valence electrons. The number of carbonyl (C=O) groups excluding carboxylic acids is 1. The second-order valence-electron chi connectivity index (χ2n) is 4.88. The summed E-state index contributed by atoms with van der Waals surface area (Å²) in [4.78, 5) is 11.6. The summed E-state index contributed by atoms with van der Waals surface area (Å²) in [5.74, 6) is 0.717. The number of carbonyl (C=O) groups is 1. The molecule has 17 heavy (non-hydrogen) atoms. The molecule has 0 heterocycles. The van der Waals surface area contributed by atoms with Crippen molar-refractivity contribution < 1.29 is 4.79 Å². The van der Waals surface area contributed by atoms with Crippen LogP contribution in [0.15, 0.2) is 24.3 Å². The molecule has 1 aromatic rings. The van der Waals surface area contributed by atoms with Crippen LogP contribution >= 0.6 is 0 Å². The number of hydrogen-bond acceptors (Lipinski definition) is 1. The van der Waals surface area contributed by atoms with Crippen molar-refractivity contribution >= 4 is 6.03 Å². The van der Waals surface area contributed by atoms with Gasteiger partial charge >= 0.3 is 6.03 Å². The number of urea groups is 1. The van der Waals surface area contributed by atoms with Crippen LogP contribution in [0.2, 0.25) is 0 Å². The minimum Gasteiger partial charge on any atom is -0.338 e. The number of aryl methyl sites for hydroxylation is 1. The molecule has 1 aliphatic rings. The SMILES string of the molecule is Cc1ccccc1[C@@H](C)NC(=O)NCC1CC1. The zero-order valence-electron chi connectivity index (χ0n) is 10.5. The van der Waals surface area contributed by atoms with Gasteiger partial charge in [0.15, 0.2) is 0 Å². The van der Waals surface area contributed by atoms with Gasteiger partial charge in [-0.15, -0.1) is 0 Å². The van der Waals surface area contributed by atoms with Crippen molar-refractivity contribution in [2.24, 2.45) is 5.92 Å². The lowest BCUT2D eigenvalue weighted by atomic mass is 10.0. The second kappa shape index (κ2) is 5.21. The summed E-state index contributed by atoms with van der Waals surface area (Å²) in [5, 5.41) is 5.88. The topological polar surface area (TPSA) is 41.1 Å². The zero-order valence-corrected chi connectivity index (χ0v) is 10.5. The predicted molar refractivity (Wildman–Crippen MR) is 68.9 cm³/mol. The van der Waals surface area contributed by atoms with Crippen molar-refractivity contribution in [1.82, 2.24) is 10.6 Å². The zero-order chi connectivity index (χ0) is 12.3. The van der Waals surface area contributed by atoms with E-state index in [0.717, 1.165) is 12.5 Å². The van der Waals surface area contributed by atoms with Crippen LogP contribution in [0.1, 0.15) is 36.9 Å². The third kappa shape index (κ3) is 3.48. The average Bonchev–Trinajstić information content (AvgIpc) is 3.10. The maximum atomic E-state index is 11.6. The highest BCUT2D eigenvalue weighted by Crippen LogP contribution is 2.27. The van der Waals surface area contributed by atoms with E-state index in [2.05, 4.69) is 29.7 Å². The Morgan fingerprint density at radius 2 is 2.12 bits per heavy atom. The normalized spacial score (nSPS) is 16.4. The molecule has 1 fully saturated rings. The summed E-state index contributed by atoms with van der Waals surface area (Å²) in [6, 6.07) is 8.13. The quantitative estimate of drug-likeness (QED) is 0.823. The summed E-state index contributed by atoms with van der Waals surface area (Å²) in [6.45, 7) is 4.89. The molecule has 1 aromatic carbocycles. The lowest BCUT2D eigenvalue weighted by Crippen LogP contribution is -2.38. The van der Waals surface area contributed by atoms with Gasteiger partial charge in [-0.25, -0.2) is 4.79 Å². The van der Waals surface area contributed by atoms with Crippen LogP contribution in [-0.4, -0.2) is 12.6 Å². The van der Waals surface area contributed by atoms with Gasteiger partial charge in [0, 0.05) is 6.54 Å². The van der Waals surface area contributed by atoms with Gasteiger partial charge in [0.2, 0.25) is 0 Å². The van der Waals surface area contributed by atoms with E-state index in [1.165, 1.54) is 24.0 Å². The molecule has 0 bridgehead atoms. The van der Waals surface area contributed by atoms with E-state index in [0.29, 0.717) is 0 Å². The van der Waals surface area contributed by atoms with E-state index in [-0.39, 0.29) is 12.1 Å². The van der Waals surface area contributed by atoms with Crippen LogP contribution in [0.5, 0.6) is 0 Å². The van der Waals surface area contributed by atoms with Crippen molar-refractivity contribution in [2.75, 3.05) is 6.54 Å². The molecule has 1 atom stereocenters. The molecule has 2 amide bonds. The number of nitrogens with one attached hydrogen (secondary N) is 2. The van der Waals surface area contributed by atoms with Crippen LogP contribution in [0, 0.1) is 12.8 Å². The van der Waals surface area contributed by atoms with Crippen LogP contribution < -0.4 is 10.6 Å². The molecule has 0 saturated heterocycles. The number of hydrogen-bond donors (Lipinski definition) is 2. The molecule has 2 N–H and O–H groups in total. The Bertz CT molecular complexity index is 399. The van der Waals surface area contributed by atoms with E-state index in [1.54, 1.807) is 0 Å². The summed E-state index contributed by atoms with van der Waals surface area (Å²) >= 11 is 0. The second-order valence-corrected chi connectivity index (χ2v) is 4.88. The first-order valence-electron chi connectivity index (χ1n) is 6.26. The maximum Gasteiger partial charge on any atom is 0.315 e. The number of rotatable bonds is 4.